The Morgan fingerprint density at radius 1 is 1.40 bits per heavy atom. The minimum Gasteiger partial charge on any atom is -0.398 e. The predicted molar refractivity (Wildman–Crippen MR) is 84.9 cm³/mol. The number of pyridine rings is 1. The summed E-state index contributed by atoms with van der Waals surface area (Å²) in [5.74, 6) is -0.0990. The summed E-state index contributed by atoms with van der Waals surface area (Å²) < 4.78 is 0.922. The highest BCUT2D eigenvalue weighted by atomic mass is 79.9. The molecule has 20 heavy (non-hydrogen) atoms. The summed E-state index contributed by atoms with van der Waals surface area (Å²) in [5, 5.41) is 3.60. The van der Waals surface area contributed by atoms with Crippen LogP contribution in [0.1, 0.15) is 17.3 Å². The molecule has 0 saturated heterocycles. The Labute approximate surface area is 130 Å². The van der Waals surface area contributed by atoms with Gasteiger partial charge in [0.2, 0.25) is 0 Å². The maximum atomic E-state index is 11.8. The minimum atomic E-state index is -0.0990. The van der Waals surface area contributed by atoms with Crippen molar-refractivity contribution in [3.8, 4) is 0 Å². The molecule has 104 valence electrons. The monoisotopic (exact) mass is 351 g/mol. The molecule has 4 nitrogen and oxygen atoms in total. The molecule has 0 saturated carbocycles. The Morgan fingerprint density at radius 3 is 2.85 bits per heavy atom. The van der Waals surface area contributed by atoms with Crippen LogP contribution in [0, 0.1) is 0 Å². The van der Waals surface area contributed by atoms with E-state index in [9.17, 15) is 4.79 Å². The minimum absolute atomic E-state index is 0.0990. The van der Waals surface area contributed by atoms with Gasteiger partial charge < -0.3 is 11.1 Å². The molecule has 0 spiro atoms. The van der Waals surface area contributed by atoms with Gasteiger partial charge in [-0.3, -0.25) is 4.79 Å². The lowest BCUT2D eigenvalue weighted by Gasteiger charge is -2.08. The zero-order valence-corrected chi connectivity index (χ0v) is 13.3. The third-order valence-corrected chi connectivity index (χ3v) is 4.02. The standard InChI is InChI=1S/C14H14BrN3OS/c1-2-17-14(19)9-3-5-11(16)12(7-9)20-13-6-4-10(15)8-18-13/h3-8H,2,16H2,1H3,(H,17,19). The van der Waals surface area contributed by atoms with E-state index in [4.69, 9.17) is 5.73 Å². The Balaban J connectivity index is 2.24. The van der Waals surface area contributed by atoms with E-state index >= 15 is 0 Å². The van der Waals surface area contributed by atoms with Gasteiger partial charge in [-0.25, -0.2) is 4.98 Å². The number of anilines is 1. The average molecular weight is 352 g/mol. The molecule has 2 aromatic rings. The van der Waals surface area contributed by atoms with E-state index in [0.29, 0.717) is 17.8 Å². The van der Waals surface area contributed by atoms with E-state index in [1.165, 1.54) is 11.8 Å². The van der Waals surface area contributed by atoms with E-state index in [0.717, 1.165) is 14.4 Å². The number of carbonyl (C=O) groups is 1. The van der Waals surface area contributed by atoms with Crippen LogP contribution in [0.4, 0.5) is 5.69 Å². The van der Waals surface area contributed by atoms with Gasteiger partial charge >= 0.3 is 0 Å². The van der Waals surface area contributed by atoms with E-state index in [1.807, 2.05) is 19.1 Å². The van der Waals surface area contributed by atoms with E-state index in [2.05, 4.69) is 26.2 Å². The second-order valence-corrected chi connectivity index (χ2v) is 6.01. The van der Waals surface area contributed by atoms with Crippen LogP contribution in [0.3, 0.4) is 0 Å². The summed E-state index contributed by atoms with van der Waals surface area (Å²) in [5.41, 5.74) is 7.18. The second kappa shape index (κ2) is 6.76. The summed E-state index contributed by atoms with van der Waals surface area (Å²) in [4.78, 5) is 16.9. The SMILES string of the molecule is CCNC(=O)c1ccc(N)c(Sc2ccc(Br)cn2)c1. The van der Waals surface area contributed by atoms with Crippen molar-refractivity contribution in [1.82, 2.24) is 10.3 Å². The Bertz CT molecular complexity index is 616. The number of nitrogen functional groups attached to an aromatic ring is 1. The summed E-state index contributed by atoms with van der Waals surface area (Å²) >= 11 is 4.78. The first kappa shape index (κ1) is 14.9. The van der Waals surface area contributed by atoms with Crippen molar-refractivity contribution >= 4 is 39.3 Å². The van der Waals surface area contributed by atoms with Gasteiger partial charge in [0, 0.05) is 33.4 Å². The number of nitrogens with zero attached hydrogens (tertiary/aromatic N) is 1. The Morgan fingerprint density at radius 2 is 2.20 bits per heavy atom. The molecule has 0 aliphatic carbocycles. The summed E-state index contributed by atoms with van der Waals surface area (Å²) in [7, 11) is 0. The first-order valence-corrected chi connectivity index (χ1v) is 7.68. The summed E-state index contributed by atoms with van der Waals surface area (Å²) in [6.07, 6.45) is 1.73. The van der Waals surface area contributed by atoms with Crippen molar-refractivity contribution in [2.24, 2.45) is 0 Å². The summed E-state index contributed by atoms with van der Waals surface area (Å²) in [6, 6.07) is 9.06. The highest BCUT2D eigenvalue weighted by molar-refractivity contribution is 9.10. The van der Waals surface area contributed by atoms with Crippen molar-refractivity contribution in [2.75, 3.05) is 12.3 Å². The lowest BCUT2D eigenvalue weighted by molar-refractivity contribution is 0.0955. The fourth-order valence-corrected chi connectivity index (χ4v) is 2.64. The smallest absolute Gasteiger partial charge is 0.251 e. The number of hydrogen-bond acceptors (Lipinski definition) is 4. The molecule has 0 aliphatic rings. The van der Waals surface area contributed by atoms with Crippen molar-refractivity contribution in [1.29, 1.82) is 0 Å². The van der Waals surface area contributed by atoms with Crippen LogP contribution in [-0.4, -0.2) is 17.4 Å². The van der Waals surface area contributed by atoms with Gasteiger partial charge in [0.15, 0.2) is 0 Å². The zero-order chi connectivity index (χ0) is 14.5. The third kappa shape index (κ3) is 3.74. The van der Waals surface area contributed by atoms with Gasteiger partial charge in [-0.05, 0) is 53.2 Å². The van der Waals surface area contributed by atoms with Gasteiger partial charge in [0.1, 0.15) is 5.03 Å². The molecule has 0 unspecified atom stereocenters. The first-order valence-electron chi connectivity index (χ1n) is 6.07. The Kier molecular flexibility index (Phi) is 5.03. The van der Waals surface area contributed by atoms with Crippen molar-refractivity contribution in [3.63, 3.8) is 0 Å². The number of rotatable bonds is 4. The molecule has 0 radical (unpaired) electrons. The van der Waals surface area contributed by atoms with Crippen LogP contribution < -0.4 is 11.1 Å². The number of nitrogens with one attached hydrogen (secondary N) is 1. The highest BCUT2D eigenvalue weighted by Crippen LogP contribution is 2.32. The molecule has 1 amide bonds. The molecule has 0 bridgehead atoms. The third-order valence-electron chi connectivity index (χ3n) is 2.53. The number of aromatic nitrogens is 1. The van der Waals surface area contributed by atoms with Crippen LogP contribution in [0.5, 0.6) is 0 Å². The molecule has 6 heteroatoms. The number of halogens is 1. The maximum Gasteiger partial charge on any atom is 0.251 e. The topological polar surface area (TPSA) is 68.0 Å². The normalized spacial score (nSPS) is 10.3. The van der Waals surface area contributed by atoms with Crippen LogP contribution in [0.2, 0.25) is 0 Å². The lowest BCUT2D eigenvalue weighted by atomic mass is 10.2. The van der Waals surface area contributed by atoms with Gasteiger partial charge in [-0.1, -0.05) is 11.8 Å². The molecule has 0 fully saturated rings. The van der Waals surface area contributed by atoms with Gasteiger partial charge in [-0.15, -0.1) is 0 Å². The zero-order valence-electron chi connectivity index (χ0n) is 10.9. The van der Waals surface area contributed by atoms with Crippen LogP contribution >= 0.6 is 27.7 Å². The molecule has 0 atom stereocenters. The fraction of sp³-hybridized carbons (Fsp3) is 0.143. The number of amides is 1. The number of benzene rings is 1. The Hall–Kier alpha value is -1.53. The fourth-order valence-electron chi connectivity index (χ4n) is 1.56. The van der Waals surface area contributed by atoms with Crippen molar-refractivity contribution in [2.45, 2.75) is 16.8 Å². The number of carbonyl (C=O) groups excluding carboxylic acids is 1. The first-order chi connectivity index (χ1) is 9.60. The predicted octanol–water partition coefficient (Wildman–Crippen LogP) is 3.33. The average Bonchev–Trinajstić information content (AvgIpc) is 2.44. The van der Waals surface area contributed by atoms with E-state index in [-0.39, 0.29) is 5.91 Å². The van der Waals surface area contributed by atoms with Crippen LogP contribution in [0.15, 0.2) is 50.9 Å². The van der Waals surface area contributed by atoms with Crippen LogP contribution in [-0.2, 0) is 0 Å². The second-order valence-electron chi connectivity index (χ2n) is 4.03. The van der Waals surface area contributed by atoms with Gasteiger partial charge in [0.25, 0.3) is 5.91 Å². The summed E-state index contributed by atoms with van der Waals surface area (Å²) in [6.45, 7) is 2.48. The van der Waals surface area contributed by atoms with Crippen LogP contribution in [0.25, 0.3) is 0 Å². The highest BCUT2D eigenvalue weighted by Gasteiger charge is 2.09. The van der Waals surface area contributed by atoms with E-state index < -0.39 is 0 Å². The number of hydrogen-bond donors (Lipinski definition) is 2. The molecule has 2 rings (SSSR count). The quantitative estimate of drug-likeness (QED) is 0.829. The van der Waals surface area contributed by atoms with Gasteiger partial charge in [-0.2, -0.15) is 0 Å². The maximum absolute atomic E-state index is 11.8. The number of nitrogens with two attached hydrogens (primary N) is 1. The molecule has 1 aromatic carbocycles. The molecule has 1 heterocycles. The molecule has 0 aliphatic heterocycles. The molecule has 3 N–H and O–H groups in total. The molecular formula is C14H14BrN3OS. The van der Waals surface area contributed by atoms with Crippen molar-refractivity contribution < 1.29 is 4.79 Å². The van der Waals surface area contributed by atoms with Crippen molar-refractivity contribution in [3.05, 3.63) is 46.6 Å². The van der Waals surface area contributed by atoms with E-state index in [1.54, 1.807) is 24.4 Å². The van der Waals surface area contributed by atoms with Gasteiger partial charge in [0.05, 0.1) is 0 Å². The molecular weight excluding hydrogens is 338 g/mol. The lowest BCUT2D eigenvalue weighted by Crippen LogP contribution is -2.22. The largest absolute Gasteiger partial charge is 0.398 e. The molecule has 1 aromatic heterocycles.